The molecule has 96 valence electrons. The van der Waals surface area contributed by atoms with Gasteiger partial charge < -0.3 is 5.11 Å². The maximum Gasteiger partial charge on any atom is 0.118 e. The van der Waals surface area contributed by atoms with E-state index < -0.39 is 0 Å². The number of rotatable bonds is 8. The van der Waals surface area contributed by atoms with E-state index in [0.717, 1.165) is 23.3 Å². The minimum atomic E-state index is 0.411. The van der Waals surface area contributed by atoms with Crippen LogP contribution in [0.1, 0.15) is 57.4 Å². The topological polar surface area (TPSA) is 20.2 Å². The van der Waals surface area contributed by atoms with Crippen molar-refractivity contribution in [2.75, 3.05) is 0 Å². The Morgan fingerprint density at radius 3 is 2.35 bits per heavy atom. The predicted octanol–water partition coefficient (Wildman–Crippen LogP) is 4.97. The fourth-order valence-electron chi connectivity index (χ4n) is 2.04. The van der Waals surface area contributed by atoms with Gasteiger partial charge in [-0.25, -0.2) is 0 Å². The van der Waals surface area contributed by atoms with E-state index in [0.29, 0.717) is 5.75 Å². The Morgan fingerprint density at radius 1 is 1.00 bits per heavy atom. The van der Waals surface area contributed by atoms with Crippen LogP contribution >= 0.6 is 12.6 Å². The van der Waals surface area contributed by atoms with Crippen LogP contribution in [0.3, 0.4) is 0 Å². The first-order valence-electron chi connectivity index (χ1n) is 6.75. The predicted molar refractivity (Wildman–Crippen MR) is 77.1 cm³/mol. The summed E-state index contributed by atoms with van der Waals surface area (Å²) in [5.41, 5.74) is 1.03. The molecule has 1 N–H and O–H groups in total. The van der Waals surface area contributed by atoms with E-state index in [2.05, 4.69) is 19.6 Å². The minimum Gasteiger partial charge on any atom is -0.508 e. The van der Waals surface area contributed by atoms with Gasteiger partial charge in [-0.15, -0.1) is 12.6 Å². The summed E-state index contributed by atoms with van der Waals surface area (Å²) in [6, 6.07) is 5.53. The van der Waals surface area contributed by atoms with Gasteiger partial charge in [0.1, 0.15) is 5.75 Å². The number of phenolic OH excluding ortho intramolecular Hbond substituents is 1. The van der Waals surface area contributed by atoms with Gasteiger partial charge in [-0.1, -0.05) is 45.4 Å². The molecule has 0 saturated heterocycles. The van der Waals surface area contributed by atoms with E-state index in [-0.39, 0.29) is 0 Å². The molecule has 1 aromatic rings. The van der Waals surface area contributed by atoms with Crippen LogP contribution < -0.4 is 0 Å². The lowest BCUT2D eigenvalue weighted by Crippen LogP contribution is -1.87. The molecule has 17 heavy (non-hydrogen) atoms. The van der Waals surface area contributed by atoms with E-state index >= 15 is 0 Å². The zero-order chi connectivity index (χ0) is 12.5. The second kappa shape index (κ2) is 8.46. The summed E-state index contributed by atoms with van der Waals surface area (Å²) < 4.78 is 0. The number of hydrogen-bond acceptors (Lipinski definition) is 2. The van der Waals surface area contributed by atoms with E-state index in [1.165, 1.54) is 38.5 Å². The lowest BCUT2D eigenvalue weighted by Gasteiger charge is -2.05. The minimum absolute atomic E-state index is 0.411. The van der Waals surface area contributed by atoms with Gasteiger partial charge >= 0.3 is 0 Å². The maximum atomic E-state index is 9.67. The number of aromatic hydroxyl groups is 1. The summed E-state index contributed by atoms with van der Waals surface area (Å²) in [4.78, 5) is 0.931. The van der Waals surface area contributed by atoms with Crippen molar-refractivity contribution in [3.63, 3.8) is 0 Å². The average Bonchev–Trinajstić information content (AvgIpc) is 2.32. The molecule has 0 amide bonds. The fraction of sp³-hybridized carbons (Fsp3) is 0.600. The van der Waals surface area contributed by atoms with Gasteiger partial charge in [0.05, 0.1) is 0 Å². The van der Waals surface area contributed by atoms with E-state index in [4.69, 9.17) is 0 Å². The molecule has 0 atom stereocenters. The van der Waals surface area contributed by atoms with Gasteiger partial charge in [0.2, 0.25) is 0 Å². The Morgan fingerprint density at radius 2 is 1.65 bits per heavy atom. The van der Waals surface area contributed by atoms with Crippen LogP contribution in [0, 0.1) is 0 Å². The molecule has 0 unspecified atom stereocenters. The smallest absolute Gasteiger partial charge is 0.118 e. The van der Waals surface area contributed by atoms with Gasteiger partial charge in [-0.3, -0.25) is 0 Å². The average molecular weight is 252 g/mol. The van der Waals surface area contributed by atoms with Crippen LogP contribution in [0.4, 0.5) is 0 Å². The summed E-state index contributed by atoms with van der Waals surface area (Å²) >= 11 is 4.29. The van der Waals surface area contributed by atoms with E-state index in [1.807, 2.05) is 12.1 Å². The molecule has 2 heteroatoms. The third-order valence-corrected chi connectivity index (χ3v) is 3.39. The molecule has 0 aliphatic rings. The fourth-order valence-corrected chi connectivity index (χ4v) is 2.28. The van der Waals surface area contributed by atoms with Crippen LogP contribution in [0.15, 0.2) is 23.1 Å². The zero-order valence-electron chi connectivity index (χ0n) is 10.8. The zero-order valence-corrected chi connectivity index (χ0v) is 11.7. The van der Waals surface area contributed by atoms with Crippen molar-refractivity contribution in [3.8, 4) is 5.75 Å². The molecule has 0 aliphatic carbocycles. The van der Waals surface area contributed by atoms with Crippen molar-refractivity contribution in [3.05, 3.63) is 23.8 Å². The van der Waals surface area contributed by atoms with Crippen LogP contribution in [0.2, 0.25) is 0 Å². The maximum absolute atomic E-state index is 9.67. The van der Waals surface area contributed by atoms with Crippen LogP contribution in [-0.2, 0) is 6.42 Å². The van der Waals surface area contributed by atoms with E-state index in [9.17, 15) is 5.11 Å². The van der Waals surface area contributed by atoms with E-state index in [1.54, 1.807) is 6.07 Å². The quantitative estimate of drug-likeness (QED) is 0.494. The Kier molecular flexibility index (Phi) is 7.18. The van der Waals surface area contributed by atoms with Crippen molar-refractivity contribution in [2.24, 2.45) is 0 Å². The van der Waals surface area contributed by atoms with Gasteiger partial charge in [0.25, 0.3) is 0 Å². The van der Waals surface area contributed by atoms with Gasteiger partial charge in [-0.05, 0) is 36.6 Å². The lowest BCUT2D eigenvalue weighted by atomic mass is 10.0. The molecule has 0 saturated carbocycles. The Hall–Kier alpha value is -0.630. The van der Waals surface area contributed by atoms with Crippen molar-refractivity contribution in [2.45, 2.75) is 63.2 Å². The highest BCUT2D eigenvalue weighted by Gasteiger charge is 2.01. The van der Waals surface area contributed by atoms with Crippen molar-refractivity contribution in [1.29, 1.82) is 0 Å². The molecule has 0 radical (unpaired) electrons. The first-order valence-corrected chi connectivity index (χ1v) is 7.19. The van der Waals surface area contributed by atoms with Crippen molar-refractivity contribution >= 4 is 12.6 Å². The molecule has 1 rings (SSSR count). The first-order chi connectivity index (χ1) is 8.24. The summed E-state index contributed by atoms with van der Waals surface area (Å²) in [7, 11) is 0. The molecule has 0 aromatic heterocycles. The molecular formula is C15H24OS. The number of benzene rings is 1. The van der Waals surface area contributed by atoms with Crippen molar-refractivity contribution < 1.29 is 5.11 Å². The third kappa shape index (κ3) is 6.02. The molecule has 0 heterocycles. The summed E-state index contributed by atoms with van der Waals surface area (Å²) in [6.07, 6.45) is 10.1. The second-order valence-electron chi connectivity index (χ2n) is 4.68. The Balaban J connectivity index is 2.15. The van der Waals surface area contributed by atoms with Crippen LogP contribution in [-0.4, -0.2) is 5.11 Å². The molecule has 1 aromatic carbocycles. The lowest BCUT2D eigenvalue weighted by molar-refractivity contribution is 0.465. The SMILES string of the molecule is CCCCCCCCCc1cc(S)ccc1O. The number of unbranched alkanes of at least 4 members (excludes halogenated alkanes) is 6. The van der Waals surface area contributed by atoms with Crippen LogP contribution in [0.5, 0.6) is 5.75 Å². The third-order valence-electron chi connectivity index (χ3n) is 3.11. The molecule has 0 aliphatic heterocycles. The van der Waals surface area contributed by atoms with Gasteiger partial charge in [0, 0.05) is 4.90 Å². The number of phenols is 1. The van der Waals surface area contributed by atoms with Gasteiger partial charge in [0.15, 0.2) is 0 Å². The second-order valence-corrected chi connectivity index (χ2v) is 5.20. The standard InChI is InChI=1S/C15H24OS/c1-2-3-4-5-6-7-8-9-13-12-14(17)10-11-15(13)16/h10-12,16-17H,2-9H2,1H3. The van der Waals surface area contributed by atoms with Gasteiger partial charge in [-0.2, -0.15) is 0 Å². The summed E-state index contributed by atoms with van der Waals surface area (Å²) in [5.74, 6) is 0.411. The monoisotopic (exact) mass is 252 g/mol. The first kappa shape index (κ1) is 14.4. The Bertz CT molecular complexity index is 323. The number of aryl methyl sites for hydroxylation is 1. The number of hydrogen-bond donors (Lipinski definition) is 2. The highest BCUT2D eigenvalue weighted by molar-refractivity contribution is 7.80. The van der Waals surface area contributed by atoms with Crippen LogP contribution in [0.25, 0.3) is 0 Å². The highest BCUT2D eigenvalue weighted by atomic mass is 32.1. The molecular weight excluding hydrogens is 228 g/mol. The van der Waals surface area contributed by atoms with Crippen molar-refractivity contribution in [1.82, 2.24) is 0 Å². The summed E-state index contributed by atoms with van der Waals surface area (Å²) in [5, 5.41) is 9.67. The Labute approximate surface area is 111 Å². The highest BCUT2D eigenvalue weighted by Crippen LogP contribution is 2.22. The molecule has 0 fully saturated rings. The molecule has 0 spiro atoms. The largest absolute Gasteiger partial charge is 0.508 e. The molecule has 0 bridgehead atoms. The normalized spacial score (nSPS) is 10.7. The number of thiol groups is 1. The molecule has 1 nitrogen and oxygen atoms in total. The summed E-state index contributed by atoms with van der Waals surface area (Å²) in [6.45, 7) is 2.24.